The van der Waals surface area contributed by atoms with Gasteiger partial charge in [0.05, 0.1) is 11.6 Å². The first kappa shape index (κ1) is 18.3. The Morgan fingerprint density at radius 1 is 1.19 bits per heavy atom. The second kappa shape index (κ2) is 8.30. The van der Waals surface area contributed by atoms with Crippen LogP contribution in [0.3, 0.4) is 0 Å². The molecule has 0 atom stereocenters. The molecule has 3 aromatic rings. The number of rotatable bonds is 6. The van der Waals surface area contributed by atoms with E-state index in [1.807, 2.05) is 24.3 Å². The fourth-order valence-electron chi connectivity index (χ4n) is 2.92. The molecule has 0 bridgehead atoms. The molecule has 1 aliphatic rings. The Morgan fingerprint density at radius 2 is 2.00 bits per heavy atom. The number of hydrogen-bond acceptors (Lipinski definition) is 9. The summed E-state index contributed by atoms with van der Waals surface area (Å²) in [4.78, 5) is 8.86. The van der Waals surface area contributed by atoms with E-state index in [0.29, 0.717) is 29.9 Å². The molecule has 0 unspecified atom stereocenters. The minimum absolute atomic E-state index is 0.363. The lowest BCUT2D eigenvalue weighted by atomic mass is 10.2. The molecule has 2 aromatic heterocycles. The Hall–Kier alpha value is -2.07. The van der Waals surface area contributed by atoms with Gasteiger partial charge in [0.2, 0.25) is 11.0 Å². The SMILES string of the molecule is COCc1noc(CN2CCN(c3nnc(-c4ccccc4Cl)s3)CC2)n1. The summed E-state index contributed by atoms with van der Waals surface area (Å²) in [6, 6.07) is 7.70. The molecule has 0 amide bonds. The summed E-state index contributed by atoms with van der Waals surface area (Å²) in [6.45, 7) is 4.53. The Labute approximate surface area is 165 Å². The van der Waals surface area contributed by atoms with Crippen molar-refractivity contribution in [3.05, 3.63) is 41.0 Å². The molecule has 0 saturated carbocycles. The predicted octanol–water partition coefficient (Wildman–Crippen LogP) is 2.71. The van der Waals surface area contributed by atoms with E-state index < -0.39 is 0 Å². The molecule has 142 valence electrons. The Bertz CT molecular complexity index is 893. The van der Waals surface area contributed by atoms with Crippen LogP contribution in [-0.4, -0.2) is 58.5 Å². The molecule has 4 rings (SSSR count). The van der Waals surface area contributed by atoms with E-state index in [2.05, 4.69) is 30.1 Å². The van der Waals surface area contributed by atoms with Crippen LogP contribution < -0.4 is 4.90 Å². The van der Waals surface area contributed by atoms with Crippen LogP contribution in [0.4, 0.5) is 5.13 Å². The number of halogens is 1. The van der Waals surface area contributed by atoms with Crippen LogP contribution in [0.2, 0.25) is 5.02 Å². The van der Waals surface area contributed by atoms with E-state index in [-0.39, 0.29) is 0 Å². The van der Waals surface area contributed by atoms with Crippen molar-refractivity contribution in [1.29, 1.82) is 0 Å². The van der Waals surface area contributed by atoms with Gasteiger partial charge in [-0.25, -0.2) is 0 Å². The van der Waals surface area contributed by atoms with Gasteiger partial charge in [-0.05, 0) is 6.07 Å². The van der Waals surface area contributed by atoms with Gasteiger partial charge in [-0.1, -0.05) is 46.3 Å². The van der Waals surface area contributed by atoms with Gasteiger partial charge < -0.3 is 14.2 Å². The lowest BCUT2D eigenvalue weighted by molar-refractivity contribution is 0.174. The summed E-state index contributed by atoms with van der Waals surface area (Å²) in [5.74, 6) is 1.19. The maximum atomic E-state index is 6.26. The van der Waals surface area contributed by atoms with Gasteiger partial charge in [0.1, 0.15) is 6.61 Å². The van der Waals surface area contributed by atoms with Crippen molar-refractivity contribution >= 4 is 28.1 Å². The largest absolute Gasteiger partial charge is 0.377 e. The third-order valence-electron chi connectivity index (χ3n) is 4.30. The standard InChI is InChI=1S/C17H19ClN6O2S/c1-25-11-14-19-15(26-22-14)10-23-6-8-24(9-7-23)17-21-20-16(27-17)12-4-2-3-5-13(12)18/h2-5H,6-11H2,1H3. The van der Waals surface area contributed by atoms with Crippen molar-refractivity contribution in [2.75, 3.05) is 38.2 Å². The summed E-state index contributed by atoms with van der Waals surface area (Å²) >= 11 is 7.83. The van der Waals surface area contributed by atoms with Crippen LogP contribution in [0.15, 0.2) is 28.8 Å². The zero-order valence-corrected chi connectivity index (χ0v) is 16.4. The number of aromatic nitrogens is 4. The number of piperazine rings is 1. The first-order valence-corrected chi connectivity index (χ1v) is 9.78. The second-order valence-electron chi connectivity index (χ2n) is 6.17. The Morgan fingerprint density at radius 3 is 2.78 bits per heavy atom. The molecule has 0 N–H and O–H groups in total. The second-order valence-corrected chi connectivity index (χ2v) is 7.53. The Balaban J connectivity index is 1.35. The van der Waals surface area contributed by atoms with Crippen LogP contribution in [0.5, 0.6) is 0 Å². The van der Waals surface area contributed by atoms with Gasteiger partial charge in [0.25, 0.3) is 0 Å². The average molecular weight is 407 g/mol. The van der Waals surface area contributed by atoms with Gasteiger partial charge in [-0.3, -0.25) is 4.90 Å². The van der Waals surface area contributed by atoms with E-state index >= 15 is 0 Å². The number of benzene rings is 1. The fraction of sp³-hybridized carbons (Fsp3) is 0.412. The molecule has 1 aromatic carbocycles. The lowest BCUT2D eigenvalue weighted by Gasteiger charge is -2.33. The summed E-state index contributed by atoms with van der Waals surface area (Å²) in [7, 11) is 1.61. The first-order chi connectivity index (χ1) is 13.2. The van der Waals surface area contributed by atoms with Crippen LogP contribution in [0, 0.1) is 0 Å². The molecule has 1 saturated heterocycles. The number of methoxy groups -OCH3 is 1. The molecule has 3 heterocycles. The van der Waals surface area contributed by atoms with Crippen molar-refractivity contribution in [3.8, 4) is 10.6 Å². The molecule has 10 heteroatoms. The minimum Gasteiger partial charge on any atom is -0.377 e. The molecule has 0 aliphatic carbocycles. The highest BCUT2D eigenvalue weighted by molar-refractivity contribution is 7.18. The summed E-state index contributed by atoms with van der Waals surface area (Å²) in [5, 5.41) is 15.0. The third kappa shape index (κ3) is 4.27. The number of anilines is 1. The maximum Gasteiger partial charge on any atom is 0.240 e. The predicted molar refractivity (Wildman–Crippen MR) is 103 cm³/mol. The van der Waals surface area contributed by atoms with E-state index in [1.165, 1.54) is 0 Å². The highest BCUT2D eigenvalue weighted by atomic mass is 35.5. The summed E-state index contributed by atoms with van der Waals surface area (Å²) in [6.07, 6.45) is 0. The van der Waals surface area contributed by atoms with Gasteiger partial charge in [0, 0.05) is 38.9 Å². The average Bonchev–Trinajstić information content (AvgIpc) is 3.33. The van der Waals surface area contributed by atoms with E-state index in [1.54, 1.807) is 18.4 Å². The number of hydrogen-bond donors (Lipinski definition) is 0. The van der Waals surface area contributed by atoms with Crippen LogP contribution in [0.25, 0.3) is 10.6 Å². The van der Waals surface area contributed by atoms with E-state index in [9.17, 15) is 0 Å². The number of ether oxygens (including phenoxy) is 1. The van der Waals surface area contributed by atoms with Gasteiger partial charge in [0.15, 0.2) is 10.8 Å². The maximum absolute atomic E-state index is 6.26. The van der Waals surface area contributed by atoms with Crippen molar-refractivity contribution in [1.82, 2.24) is 25.2 Å². The smallest absolute Gasteiger partial charge is 0.240 e. The molecule has 0 spiro atoms. The zero-order valence-electron chi connectivity index (χ0n) is 14.8. The fourth-order valence-corrected chi connectivity index (χ4v) is 4.13. The highest BCUT2D eigenvalue weighted by Gasteiger charge is 2.22. The summed E-state index contributed by atoms with van der Waals surface area (Å²) < 4.78 is 10.3. The highest BCUT2D eigenvalue weighted by Crippen LogP contribution is 2.33. The molecular weight excluding hydrogens is 388 g/mol. The lowest BCUT2D eigenvalue weighted by Crippen LogP contribution is -2.46. The normalized spacial score (nSPS) is 15.4. The molecule has 27 heavy (non-hydrogen) atoms. The van der Waals surface area contributed by atoms with Crippen LogP contribution in [-0.2, 0) is 17.9 Å². The van der Waals surface area contributed by atoms with Gasteiger partial charge >= 0.3 is 0 Å². The van der Waals surface area contributed by atoms with Gasteiger partial charge in [-0.15, -0.1) is 10.2 Å². The van der Waals surface area contributed by atoms with E-state index in [4.69, 9.17) is 20.9 Å². The first-order valence-electron chi connectivity index (χ1n) is 8.59. The molecular formula is C17H19ClN6O2S. The molecule has 1 fully saturated rings. The van der Waals surface area contributed by atoms with Crippen molar-refractivity contribution in [2.24, 2.45) is 0 Å². The monoisotopic (exact) mass is 406 g/mol. The van der Waals surface area contributed by atoms with Crippen molar-refractivity contribution < 1.29 is 9.26 Å². The van der Waals surface area contributed by atoms with Crippen molar-refractivity contribution in [3.63, 3.8) is 0 Å². The molecule has 1 aliphatic heterocycles. The molecule has 8 nitrogen and oxygen atoms in total. The van der Waals surface area contributed by atoms with E-state index in [0.717, 1.165) is 41.9 Å². The minimum atomic E-state index is 0.363. The third-order valence-corrected chi connectivity index (χ3v) is 5.65. The number of nitrogens with zero attached hydrogens (tertiary/aromatic N) is 6. The van der Waals surface area contributed by atoms with Crippen LogP contribution >= 0.6 is 22.9 Å². The van der Waals surface area contributed by atoms with Crippen LogP contribution in [0.1, 0.15) is 11.7 Å². The topological polar surface area (TPSA) is 80.4 Å². The Kier molecular flexibility index (Phi) is 5.63. The quantitative estimate of drug-likeness (QED) is 0.618. The summed E-state index contributed by atoms with van der Waals surface area (Å²) in [5.41, 5.74) is 0.921. The zero-order chi connectivity index (χ0) is 18.6. The molecule has 0 radical (unpaired) electrons. The van der Waals surface area contributed by atoms with Crippen molar-refractivity contribution in [2.45, 2.75) is 13.2 Å². The van der Waals surface area contributed by atoms with Gasteiger partial charge in [-0.2, -0.15) is 4.98 Å².